The van der Waals surface area contributed by atoms with Crippen molar-refractivity contribution in [3.63, 3.8) is 0 Å². The lowest BCUT2D eigenvalue weighted by molar-refractivity contribution is 0.536. The molecule has 2 aromatic carbocycles. The quantitative estimate of drug-likeness (QED) is 0.590. The molecule has 28 heavy (non-hydrogen) atoms. The number of halogens is 2. The summed E-state index contributed by atoms with van der Waals surface area (Å²) in [5.74, 6) is -1.33. The summed E-state index contributed by atoms with van der Waals surface area (Å²) in [6.07, 6.45) is 1.53. The van der Waals surface area contributed by atoms with Crippen molar-refractivity contribution in [2.24, 2.45) is 0 Å². The smallest absolute Gasteiger partial charge is 0.222 e. The molecule has 0 bridgehead atoms. The minimum Gasteiger partial charge on any atom is -0.368 e. The molecule has 0 aliphatic heterocycles. The van der Waals surface area contributed by atoms with Crippen LogP contribution in [0.15, 0.2) is 42.6 Å². The Morgan fingerprint density at radius 1 is 1.11 bits per heavy atom. The summed E-state index contributed by atoms with van der Waals surface area (Å²) in [6.45, 7) is 1.67. The molecule has 0 aliphatic rings. The molecule has 0 amide bonds. The number of hydrogen-bond acceptors (Lipinski definition) is 5. The Morgan fingerprint density at radius 2 is 1.82 bits per heavy atom. The second-order valence-electron chi connectivity index (χ2n) is 6.26. The molecule has 4 aromatic rings. The molecule has 4 rings (SSSR count). The molecule has 0 aliphatic carbocycles. The molecule has 2 aromatic heterocycles. The van der Waals surface area contributed by atoms with E-state index in [2.05, 4.69) is 21.1 Å². The van der Waals surface area contributed by atoms with Crippen LogP contribution in [0, 0.1) is 29.9 Å². The van der Waals surface area contributed by atoms with Gasteiger partial charge in [0.15, 0.2) is 5.65 Å². The lowest BCUT2D eigenvalue weighted by Crippen LogP contribution is -2.08. The van der Waals surface area contributed by atoms with Gasteiger partial charge in [0.05, 0.1) is 35.5 Å². The first-order valence-electron chi connectivity index (χ1n) is 8.41. The largest absolute Gasteiger partial charge is 0.368 e. The minimum atomic E-state index is -0.663. The highest BCUT2D eigenvalue weighted by molar-refractivity contribution is 5.92. The molecule has 2 N–H and O–H groups in total. The molecule has 0 fully saturated rings. The zero-order valence-electron chi connectivity index (χ0n) is 14.8. The third-order valence-electron chi connectivity index (χ3n) is 4.59. The maximum Gasteiger partial charge on any atom is 0.222 e. The van der Waals surface area contributed by atoms with Crippen LogP contribution in [-0.4, -0.2) is 19.7 Å². The zero-order valence-corrected chi connectivity index (χ0v) is 14.8. The molecule has 6 nitrogen and oxygen atoms in total. The van der Waals surface area contributed by atoms with Crippen LogP contribution in [0.25, 0.3) is 22.3 Å². The summed E-state index contributed by atoms with van der Waals surface area (Å²) >= 11 is 0. The van der Waals surface area contributed by atoms with Crippen molar-refractivity contribution in [1.29, 1.82) is 5.26 Å². The molecule has 0 atom stereocenters. The molecular weight excluding hydrogens is 362 g/mol. The van der Waals surface area contributed by atoms with E-state index < -0.39 is 11.6 Å². The maximum absolute atomic E-state index is 14.0. The summed E-state index contributed by atoms with van der Waals surface area (Å²) in [6, 6.07) is 11.1. The highest BCUT2D eigenvalue weighted by Crippen LogP contribution is 2.30. The summed E-state index contributed by atoms with van der Waals surface area (Å²) in [5.41, 5.74) is 8.62. The Balaban J connectivity index is 1.90. The Bertz CT molecular complexity index is 1240. The van der Waals surface area contributed by atoms with E-state index in [9.17, 15) is 14.0 Å². The molecule has 0 spiro atoms. The van der Waals surface area contributed by atoms with Crippen molar-refractivity contribution in [2.75, 3.05) is 5.73 Å². The minimum absolute atomic E-state index is 0.0000151. The topological polar surface area (TPSA) is 93.4 Å². The van der Waals surface area contributed by atoms with E-state index in [4.69, 9.17) is 5.73 Å². The van der Waals surface area contributed by atoms with Crippen molar-refractivity contribution in [1.82, 2.24) is 19.7 Å². The summed E-state index contributed by atoms with van der Waals surface area (Å²) < 4.78 is 29.4. The van der Waals surface area contributed by atoms with Gasteiger partial charge in [0.25, 0.3) is 0 Å². The van der Waals surface area contributed by atoms with Crippen molar-refractivity contribution in [3.05, 3.63) is 70.9 Å². The van der Waals surface area contributed by atoms with Crippen LogP contribution in [0.3, 0.4) is 0 Å². The highest BCUT2D eigenvalue weighted by Gasteiger charge is 2.18. The molecular formula is C20H14F2N6. The molecule has 0 saturated carbocycles. The number of nitrogen functional groups attached to an aromatic ring is 1. The number of fused-ring (bicyclic) bond motifs is 1. The Labute approximate surface area is 158 Å². The van der Waals surface area contributed by atoms with Crippen LogP contribution in [-0.2, 0) is 6.54 Å². The Morgan fingerprint density at radius 3 is 2.54 bits per heavy atom. The van der Waals surface area contributed by atoms with Gasteiger partial charge in [-0.15, -0.1) is 0 Å². The number of aromatic nitrogens is 4. The molecule has 0 saturated heterocycles. The average Bonchev–Trinajstić information content (AvgIpc) is 3.07. The molecule has 0 unspecified atom stereocenters. The van der Waals surface area contributed by atoms with Gasteiger partial charge in [-0.25, -0.2) is 18.4 Å². The van der Waals surface area contributed by atoms with Crippen molar-refractivity contribution >= 4 is 17.0 Å². The molecule has 138 valence electrons. The number of hydrogen-bond donors (Lipinski definition) is 1. The van der Waals surface area contributed by atoms with Crippen LogP contribution < -0.4 is 5.73 Å². The first kappa shape index (κ1) is 17.5. The first-order chi connectivity index (χ1) is 13.5. The monoisotopic (exact) mass is 376 g/mol. The van der Waals surface area contributed by atoms with Crippen LogP contribution in [0.1, 0.15) is 16.7 Å². The SMILES string of the molecule is Cc1c(C#N)cccc1-c1nc(N)nc2c1cnn2Cc1c(F)cccc1F. The number of nitriles is 1. The van der Waals surface area contributed by atoms with Gasteiger partial charge in [-0.2, -0.15) is 15.3 Å². The number of nitrogens with zero attached hydrogens (tertiary/aromatic N) is 5. The average molecular weight is 376 g/mol. The van der Waals surface area contributed by atoms with E-state index in [1.54, 1.807) is 12.1 Å². The number of benzene rings is 2. The van der Waals surface area contributed by atoms with Gasteiger partial charge in [-0.3, -0.25) is 0 Å². The standard InChI is InChI=1S/C20H14F2N6/c1-11-12(8-23)4-2-5-13(11)18-14-9-25-28(19(14)27-20(24)26-18)10-15-16(21)6-3-7-17(15)22/h2-7,9H,10H2,1H3,(H2,24,26,27). The van der Waals surface area contributed by atoms with Crippen LogP contribution in [0.5, 0.6) is 0 Å². The Kier molecular flexibility index (Phi) is 4.20. The Hall–Kier alpha value is -3.86. The van der Waals surface area contributed by atoms with Crippen LogP contribution in [0.2, 0.25) is 0 Å². The van der Waals surface area contributed by atoms with Crippen molar-refractivity contribution in [2.45, 2.75) is 13.5 Å². The third-order valence-corrected chi connectivity index (χ3v) is 4.59. The van der Waals surface area contributed by atoms with Gasteiger partial charge in [0.1, 0.15) is 11.6 Å². The van der Waals surface area contributed by atoms with Crippen molar-refractivity contribution < 1.29 is 8.78 Å². The zero-order chi connectivity index (χ0) is 19.8. The van der Waals surface area contributed by atoms with E-state index in [0.29, 0.717) is 22.3 Å². The van der Waals surface area contributed by atoms with Crippen LogP contribution in [0.4, 0.5) is 14.7 Å². The predicted octanol–water partition coefficient (Wildman–Crippen LogP) is 3.58. The fourth-order valence-corrected chi connectivity index (χ4v) is 3.14. The second-order valence-corrected chi connectivity index (χ2v) is 6.26. The predicted molar refractivity (Wildman–Crippen MR) is 100 cm³/mol. The van der Waals surface area contributed by atoms with E-state index in [1.165, 1.54) is 29.1 Å². The molecule has 8 heteroatoms. The normalized spacial score (nSPS) is 10.9. The number of nitrogens with two attached hydrogens (primary N) is 1. The molecule has 0 radical (unpaired) electrons. The van der Waals surface area contributed by atoms with E-state index in [-0.39, 0.29) is 18.1 Å². The van der Waals surface area contributed by atoms with Gasteiger partial charge in [0.2, 0.25) is 5.95 Å². The maximum atomic E-state index is 14.0. The van der Waals surface area contributed by atoms with Crippen LogP contribution >= 0.6 is 0 Å². The lowest BCUT2D eigenvalue weighted by Gasteiger charge is -2.10. The van der Waals surface area contributed by atoms with Crippen molar-refractivity contribution in [3.8, 4) is 17.3 Å². The van der Waals surface area contributed by atoms with Gasteiger partial charge < -0.3 is 5.73 Å². The summed E-state index contributed by atoms with van der Waals surface area (Å²) in [4.78, 5) is 8.53. The van der Waals surface area contributed by atoms with Gasteiger partial charge >= 0.3 is 0 Å². The fraction of sp³-hybridized carbons (Fsp3) is 0.100. The van der Waals surface area contributed by atoms with Gasteiger partial charge in [-0.05, 0) is 30.7 Å². The fourth-order valence-electron chi connectivity index (χ4n) is 3.14. The van der Waals surface area contributed by atoms with E-state index >= 15 is 0 Å². The van der Waals surface area contributed by atoms with E-state index in [0.717, 1.165) is 11.1 Å². The number of anilines is 1. The lowest BCUT2D eigenvalue weighted by atomic mass is 9.99. The first-order valence-corrected chi connectivity index (χ1v) is 8.41. The number of rotatable bonds is 3. The third kappa shape index (κ3) is 2.83. The van der Waals surface area contributed by atoms with Gasteiger partial charge in [0, 0.05) is 11.1 Å². The molecule has 2 heterocycles. The van der Waals surface area contributed by atoms with E-state index in [1.807, 2.05) is 13.0 Å². The summed E-state index contributed by atoms with van der Waals surface area (Å²) in [7, 11) is 0. The summed E-state index contributed by atoms with van der Waals surface area (Å²) in [5, 5.41) is 14.1. The van der Waals surface area contributed by atoms with Gasteiger partial charge in [-0.1, -0.05) is 18.2 Å². The second kappa shape index (κ2) is 6.70. The highest BCUT2D eigenvalue weighted by atomic mass is 19.1.